The summed E-state index contributed by atoms with van der Waals surface area (Å²) >= 11 is 6.34. The van der Waals surface area contributed by atoms with Gasteiger partial charge in [-0.05, 0) is 37.8 Å². The molecular weight excluding hydrogens is 192 g/mol. The Hall–Kier alpha value is -0.490. The smallest absolute Gasteiger partial charge is 0.0404 e. The van der Waals surface area contributed by atoms with E-state index < -0.39 is 0 Å². The van der Waals surface area contributed by atoms with Crippen LogP contribution in [0.3, 0.4) is 0 Å². The Labute approximate surface area is 91.3 Å². The van der Waals surface area contributed by atoms with Crippen LogP contribution in [-0.4, -0.2) is 5.38 Å². The molecule has 1 saturated carbocycles. The van der Waals surface area contributed by atoms with Crippen molar-refractivity contribution in [2.75, 3.05) is 0 Å². The number of benzene rings is 1. The van der Waals surface area contributed by atoms with Crippen molar-refractivity contribution < 1.29 is 0 Å². The molecule has 14 heavy (non-hydrogen) atoms. The summed E-state index contributed by atoms with van der Waals surface area (Å²) in [6.07, 6.45) is 3.73. The van der Waals surface area contributed by atoms with Gasteiger partial charge in [0.25, 0.3) is 0 Å². The van der Waals surface area contributed by atoms with Gasteiger partial charge in [-0.1, -0.05) is 30.2 Å². The minimum Gasteiger partial charge on any atom is -0.122 e. The van der Waals surface area contributed by atoms with Crippen LogP contribution in [-0.2, 0) is 0 Å². The predicted octanol–water partition coefficient (Wildman–Crippen LogP) is 4.18. The Morgan fingerprint density at radius 2 is 2.00 bits per heavy atom. The van der Waals surface area contributed by atoms with Gasteiger partial charge < -0.3 is 0 Å². The Bertz CT molecular complexity index is 330. The third-order valence-corrected chi connectivity index (χ3v) is 3.79. The SMILES string of the molecule is Cc1ccc(C)c(C2CCCC2Cl)c1. The fourth-order valence-corrected chi connectivity index (χ4v) is 2.84. The van der Waals surface area contributed by atoms with E-state index in [0.717, 1.165) is 0 Å². The van der Waals surface area contributed by atoms with Crippen LogP contribution in [0, 0.1) is 13.8 Å². The molecule has 76 valence electrons. The number of aryl methyl sites for hydroxylation is 2. The maximum Gasteiger partial charge on any atom is 0.0404 e. The maximum absolute atomic E-state index is 6.34. The molecule has 2 atom stereocenters. The van der Waals surface area contributed by atoms with Crippen LogP contribution in [0.2, 0.25) is 0 Å². The molecular formula is C13H17Cl. The largest absolute Gasteiger partial charge is 0.122 e. The summed E-state index contributed by atoms with van der Waals surface area (Å²) in [6, 6.07) is 6.70. The summed E-state index contributed by atoms with van der Waals surface area (Å²) < 4.78 is 0. The van der Waals surface area contributed by atoms with E-state index in [1.807, 2.05) is 0 Å². The number of alkyl halides is 1. The monoisotopic (exact) mass is 208 g/mol. The first-order valence-electron chi connectivity index (χ1n) is 5.39. The van der Waals surface area contributed by atoms with Crippen molar-refractivity contribution in [1.82, 2.24) is 0 Å². The topological polar surface area (TPSA) is 0 Å². The van der Waals surface area contributed by atoms with Crippen molar-refractivity contribution in [1.29, 1.82) is 0 Å². The normalized spacial score (nSPS) is 26.8. The van der Waals surface area contributed by atoms with Gasteiger partial charge in [0.2, 0.25) is 0 Å². The standard InChI is InChI=1S/C13H17Cl/c1-9-6-7-10(2)12(8-9)11-4-3-5-13(11)14/h6-8,11,13H,3-5H2,1-2H3. The Morgan fingerprint density at radius 1 is 1.21 bits per heavy atom. The van der Waals surface area contributed by atoms with Crippen molar-refractivity contribution in [3.8, 4) is 0 Å². The zero-order valence-electron chi connectivity index (χ0n) is 8.89. The van der Waals surface area contributed by atoms with Gasteiger partial charge in [0, 0.05) is 11.3 Å². The van der Waals surface area contributed by atoms with E-state index in [1.165, 1.54) is 36.0 Å². The first-order valence-corrected chi connectivity index (χ1v) is 5.83. The molecule has 0 N–H and O–H groups in total. The van der Waals surface area contributed by atoms with E-state index in [4.69, 9.17) is 11.6 Å². The number of hydrogen-bond acceptors (Lipinski definition) is 0. The van der Waals surface area contributed by atoms with Crippen LogP contribution in [0.5, 0.6) is 0 Å². The summed E-state index contributed by atoms with van der Waals surface area (Å²) in [5.74, 6) is 0.594. The summed E-state index contributed by atoms with van der Waals surface area (Å²) in [6.45, 7) is 4.35. The molecule has 1 fully saturated rings. The molecule has 2 rings (SSSR count). The average Bonchev–Trinajstić information content (AvgIpc) is 2.56. The first-order chi connectivity index (χ1) is 6.68. The van der Waals surface area contributed by atoms with Crippen LogP contribution in [0.25, 0.3) is 0 Å². The third kappa shape index (κ3) is 1.81. The highest BCUT2D eigenvalue weighted by molar-refractivity contribution is 6.21. The predicted molar refractivity (Wildman–Crippen MR) is 62.1 cm³/mol. The third-order valence-electron chi connectivity index (χ3n) is 3.27. The van der Waals surface area contributed by atoms with Gasteiger partial charge >= 0.3 is 0 Å². The van der Waals surface area contributed by atoms with Gasteiger partial charge in [-0.2, -0.15) is 0 Å². The van der Waals surface area contributed by atoms with Crippen molar-refractivity contribution in [2.45, 2.75) is 44.4 Å². The van der Waals surface area contributed by atoms with E-state index in [9.17, 15) is 0 Å². The zero-order valence-corrected chi connectivity index (χ0v) is 9.64. The van der Waals surface area contributed by atoms with Crippen LogP contribution < -0.4 is 0 Å². The molecule has 0 aromatic heterocycles. The minimum atomic E-state index is 0.357. The fraction of sp³-hybridized carbons (Fsp3) is 0.538. The lowest BCUT2D eigenvalue weighted by molar-refractivity contribution is 0.723. The Balaban J connectivity index is 2.34. The number of hydrogen-bond donors (Lipinski definition) is 0. The number of halogens is 1. The fourth-order valence-electron chi connectivity index (χ4n) is 2.42. The average molecular weight is 209 g/mol. The van der Waals surface area contributed by atoms with Crippen molar-refractivity contribution in [3.63, 3.8) is 0 Å². The maximum atomic E-state index is 6.34. The van der Waals surface area contributed by atoms with Gasteiger partial charge in [0.15, 0.2) is 0 Å². The summed E-state index contributed by atoms with van der Waals surface area (Å²) in [5.41, 5.74) is 4.22. The summed E-state index contributed by atoms with van der Waals surface area (Å²) in [5, 5.41) is 0.357. The first kappa shape index (κ1) is 10.0. The molecule has 0 saturated heterocycles. The van der Waals surface area contributed by atoms with Gasteiger partial charge in [-0.3, -0.25) is 0 Å². The van der Waals surface area contributed by atoms with E-state index in [2.05, 4.69) is 32.0 Å². The summed E-state index contributed by atoms with van der Waals surface area (Å²) in [4.78, 5) is 0. The highest BCUT2D eigenvalue weighted by Gasteiger charge is 2.27. The number of rotatable bonds is 1. The summed E-state index contributed by atoms with van der Waals surface area (Å²) in [7, 11) is 0. The second-order valence-electron chi connectivity index (χ2n) is 4.41. The second kappa shape index (κ2) is 3.94. The highest BCUT2D eigenvalue weighted by atomic mass is 35.5. The van der Waals surface area contributed by atoms with E-state index >= 15 is 0 Å². The lowest BCUT2D eigenvalue weighted by atomic mass is 9.92. The van der Waals surface area contributed by atoms with E-state index in [0.29, 0.717) is 11.3 Å². The molecule has 0 spiro atoms. The molecule has 0 amide bonds. The lowest BCUT2D eigenvalue weighted by Gasteiger charge is -2.17. The molecule has 1 heteroatoms. The van der Waals surface area contributed by atoms with Gasteiger partial charge in [-0.15, -0.1) is 11.6 Å². The van der Waals surface area contributed by atoms with Gasteiger partial charge in [-0.25, -0.2) is 0 Å². The molecule has 1 aliphatic rings. The van der Waals surface area contributed by atoms with Crippen LogP contribution >= 0.6 is 11.6 Å². The Morgan fingerprint density at radius 3 is 2.64 bits per heavy atom. The molecule has 0 bridgehead atoms. The van der Waals surface area contributed by atoms with Crippen LogP contribution in [0.4, 0.5) is 0 Å². The van der Waals surface area contributed by atoms with E-state index in [-0.39, 0.29) is 0 Å². The van der Waals surface area contributed by atoms with Crippen molar-refractivity contribution in [2.24, 2.45) is 0 Å². The molecule has 0 nitrogen and oxygen atoms in total. The zero-order chi connectivity index (χ0) is 10.1. The second-order valence-corrected chi connectivity index (χ2v) is 4.97. The van der Waals surface area contributed by atoms with Gasteiger partial charge in [0.05, 0.1) is 0 Å². The lowest BCUT2D eigenvalue weighted by Crippen LogP contribution is -2.06. The highest BCUT2D eigenvalue weighted by Crippen LogP contribution is 2.39. The van der Waals surface area contributed by atoms with E-state index in [1.54, 1.807) is 0 Å². The molecule has 0 radical (unpaired) electrons. The molecule has 1 aromatic rings. The molecule has 2 unspecified atom stereocenters. The minimum absolute atomic E-state index is 0.357. The van der Waals surface area contributed by atoms with Crippen LogP contribution in [0.1, 0.15) is 41.9 Å². The van der Waals surface area contributed by atoms with Crippen LogP contribution in [0.15, 0.2) is 18.2 Å². The Kier molecular flexibility index (Phi) is 2.83. The molecule has 0 heterocycles. The van der Waals surface area contributed by atoms with Crippen molar-refractivity contribution in [3.05, 3.63) is 34.9 Å². The molecule has 1 aromatic carbocycles. The van der Waals surface area contributed by atoms with Gasteiger partial charge in [0.1, 0.15) is 0 Å². The van der Waals surface area contributed by atoms with Crippen molar-refractivity contribution >= 4 is 11.6 Å². The molecule has 1 aliphatic carbocycles. The quantitative estimate of drug-likeness (QED) is 0.608. The molecule has 0 aliphatic heterocycles.